The van der Waals surface area contributed by atoms with E-state index in [-0.39, 0.29) is 6.61 Å². The molecular weight excluding hydrogens is 278 g/mol. The molecule has 0 bridgehead atoms. The lowest BCUT2D eigenvalue weighted by Gasteiger charge is -2.27. The highest BCUT2D eigenvalue weighted by molar-refractivity contribution is 7.99. The molecule has 2 aromatic rings. The average molecular weight is 294 g/mol. The predicted octanol–water partition coefficient (Wildman–Crippen LogP) is 3.28. The van der Waals surface area contributed by atoms with Gasteiger partial charge in [-0.1, -0.05) is 54.1 Å². The molecule has 0 aromatic heterocycles. The minimum absolute atomic E-state index is 0.103. The highest BCUT2D eigenvalue weighted by Gasteiger charge is 2.26. The van der Waals surface area contributed by atoms with Crippen molar-refractivity contribution < 1.29 is 5.11 Å². The molecule has 0 aliphatic heterocycles. The number of rotatable bonds is 5. The normalized spacial score (nSPS) is 14.1. The molecular formula is C15H16ClNOS. The van der Waals surface area contributed by atoms with Crippen LogP contribution in [0, 0.1) is 0 Å². The first-order valence-corrected chi connectivity index (χ1v) is 7.35. The zero-order chi connectivity index (χ0) is 13.7. The quantitative estimate of drug-likeness (QED) is 0.832. The van der Waals surface area contributed by atoms with E-state index in [0.717, 1.165) is 10.5 Å². The monoisotopic (exact) mass is 293 g/mol. The summed E-state index contributed by atoms with van der Waals surface area (Å²) in [5.41, 5.74) is 6.47. The topological polar surface area (TPSA) is 46.2 Å². The van der Waals surface area contributed by atoms with Gasteiger partial charge in [-0.25, -0.2) is 0 Å². The minimum atomic E-state index is -0.759. The molecule has 1 atom stereocenters. The number of hydrogen-bond donors (Lipinski definition) is 2. The van der Waals surface area contributed by atoms with Crippen molar-refractivity contribution in [3.8, 4) is 0 Å². The van der Waals surface area contributed by atoms with Crippen LogP contribution >= 0.6 is 23.4 Å². The number of halogens is 1. The van der Waals surface area contributed by atoms with E-state index >= 15 is 0 Å². The number of nitrogens with two attached hydrogens (primary N) is 1. The Morgan fingerprint density at radius 2 is 1.68 bits per heavy atom. The van der Waals surface area contributed by atoms with Crippen molar-refractivity contribution in [2.24, 2.45) is 5.73 Å². The van der Waals surface area contributed by atoms with Gasteiger partial charge in [0.2, 0.25) is 0 Å². The van der Waals surface area contributed by atoms with Gasteiger partial charge in [0.25, 0.3) is 0 Å². The molecule has 4 heteroatoms. The molecule has 2 rings (SSSR count). The fourth-order valence-corrected chi connectivity index (χ4v) is 3.11. The average Bonchev–Trinajstić information content (AvgIpc) is 2.47. The summed E-state index contributed by atoms with van der Waals surface area (Å²) in [5, 5.41) is 10.3. The smallest absolute Gasteiger partial charge is 0.0739 e. The lowest BCUT2D eigenvalue weighted by Crippen LogP contribution is -2.43. The minimum Gasteiger partial charge on any atom is -0.394 e. The standard InChI is InChI=1S/C15H16ClNOS/c16-13-8-4-5-9-14(13)19-11-15(17,10-18)12-6-2-1-3-7-12/h1-9,18H,10-11,17H2. The predicted molar refractivity (Wildman–Crippen MR) is 81.6 cm³/mol. The van der Waals surface area contributed by atoms with E-state index in [2.05, 4.69) is 0 Å². The van der Waals surface area contributed by atoms with Crippen molar-refractivity contribution in [1.29, 1.82) is 0 Å². The van der Waals surface area contributed by atoms with E-state index in [9.17, 15) is 5.11 Å². The maximum atomic E-state index is 9.61. The maximum absolute atomic E-state index is 9.61. The molecule has 100 valence electrons. The van der Waals surface area contributed by atoms with Crippen LogP contribution in [-0.2, 0) is 5.54 Å². The first-order valence-electron chi connectivity index (χ1n) is 5.98. The molecule has 0 saturated heterocycles. The molecule has 0 spiro atoms. The van der Waals surface area contributed by atoms with Gasteiger partial charge in [-0.3, -0.25) is 0 Å². The molecule has 0 saturated carbocycles. The third-order valence-electron chi connectivity index (χ3n) is 2.95. The number of aliphatic hydroxyl groups excluding tert-OH is 1. The Bertz CT molecular complexity index is 535. The molecule has 0 amide bonds. The van der Waals surface area contributed by atoms with Gasteiger partial charge < -0.3 is 10.8 Å². The number of hydrogen-bond acceptors (Lipinski definition) is 3. The van der Waals surface area contributed by atoms with Gasteiger partial charge in [-0.15, -0.1) is 11.8 Å². The summed E-state index contributed by atoms with van der Waals surface area (Å²) in [5.74, 6) is 0.567. The highest BCUT2D eigenvalue weighted by atomic mass is 35.5. The van der Waals surface area contributed by atoms with Gasteiger partial charge in [-0.05, 0) is 17.7 Å². The Kier molecular flexibility index (Phi) is 4.88. The van der Waals surface area contributed by atoms with Crippen LogP contribution in [0.1, 0.15) is 5.56 Å². The van der Waals surface area contributed by atoms with Crippen LogP contribution in [0.15, 0.2) is 59.5 Å². The van der Waals surface area contributed by atoms with E-state index in [1.807, 2.05) is 54.6 Å². The molecule has 1 unspecified atom stereocenters. The first kappa shape index (κ1) is 14.4. The van der Waals surface area contributed by atoms with E-state index in [1.165, 1.54) is 0 Å². The van der Waals surface area contributed by atoms with Crippen LogP contribution in [0.25, 0.3) is 0 Å². The molecule has 0 aliphatic rings. The van der Waals surface area contributed by atoms with Crippen LogP contribution in [-0.4, -0.2) is 17.5 Å². The molecule has 0 radical (unpaired) electrons. The Labute approximate surface area is 122 Å². The Balaban J connectivity index is 2.14. The Hall–Kier alpha value is -1.00. The second-order valence-electron chi connectivity index (χ2n) is 4.40. The van der Waals surface area contributed by atoms with Gasteiger partial charge in [-0.2, -0.15) is 0 Å². The maximum Gasteiger partial charge on any atom is 0.0739 e. The van der Waals surface area contributed by atoms with Crippen LogP contribution in [0.5, 0.6) is 0 Å². The van der Waals surface area contributed by atoms with E-state index in [4.69, 9.17) is 17.3 Å². The van der Waals surface area contributed by atoms with Gasteiger partial charge in [0.15, 0.2) is 0 Å². The summed E-state index contributed by atoms with van der Waals surface area (Å²) in [6.45, 7) is -0.103. The zero-order valence-corrected chi connectivity index (χ0v) is 12.0. The lowest BCUT2D eigenvalue weighted by molar-refractivity contribution is 0.213. The number of benzene rings is 2. The Morgan fingerprint density at radius 3 is 2.32 bits per heavy atom. The summed E-state index contributed by atoms with van der Waals surface area (Å²) in [4.78, 5) is 0.975. The van der Waals surface area contributed by atoms with Crippen LogP contribution in [0.3, 0.4) is 0 Å². The summed E-state index contributed by atoms with van der Waals surface area (Å²) >= 11 is 7.67. The molecule has 19 heavy (non-hydrogen) atoms. The fraction of sp³-hybridized carbons (Fsp3) is 0.200. The van der Waals surface area contributed by atoms with Crippen LogP contribution in [0.2, 0.25) is 5.02 Å². The molecule has 3 N–H and O–H groups in total. The van der Waals surface area contributed by atoms with E-state index in [1.54, 1.807) is 11.8 Å². The highest BCUT2D eigenvalue weighted by Crippen LogP contribution is 2.31. The number of thioether (sulfide) groups is 1. The SMILES string of the molecule is NC(CO)(CSc1ccccc1Cl)c1ccccc1. The van der Waals surface area contributed by atoms with Crippen molar-refractivity contribution >= 4 is 23.4 Å². The van der Waals surface area contributed by atoms with Gasteiger partial charge in [0, 0.05) is 10.6 Å². The summed E-state index contributed by atoms with van der Waals surface area (Å²) < 4.78 is 0. The molecule has 0 aliphatic carbocycles. The second kappa shape index (κ2) is 6.44. The van der Waals surface area contributed by atoms with Crippen molar-refractivity contribution in [2.75, 3.05) is 12.4 Å². The third-order valence-corrected chi connectivity index (χ3v) is 4.72. The largest absolute Gasteiger partial charge is 0.394 e. The summed E-state index contributed by atoms with van der Waals surface area (Å²) in [6.07, 6.45) is 0. The van der Waals surface area contributed by atoms with E-state index in [0.29, 0.717) is 10.8 Å². The molecule has 0 heterocycles. The van der Waals surface area contributed by atoms with E-state index < -0.39 is 5.54 Å². The zero-order valence-electron chi connectivity index (χ0n) is 10.4. The summed E-state index contributed by atoms with van der Waals surface area (Å²) in [7, 11) is 0. The number of aliphatic hydroxyl groups is 1. The Morgan fingerprint density at radius 1 is 1.05 bits per heavy atom. The van der Waals surface area contributed by atoms with Crippen molar-refractivity contribution in [1.82, 2.24) is 0 Å². The van der Waals surface area contributed by atoms with Gasteiger partial charge in [0.1, 0.15) is 0 Å². The lowest BCUT2D eigenvalue weighted by atomic mass is 9.94. The van der Waals surface area contributed by atoms with Crippen molar-refractivity contribution in [2.45, 2.75) is 10.4 Å². The molecule has 2 aromatic carbocycles. The van der Waals surface area contributed by atoms with Gasteiger partial charge >= 0.3 is 0 Å². The second-order valence-corrected chi connectivity index (χ2v) is 5.82. The fourth-order valence-electron chi connectivity index (χ4n) is 1.76. The van der Waals surface area contributed by atoms with Crippen molar-refractivity contribution in [3.63, 3.8) is 0 Å². The van der Waals surface area contributed by atoms with Crippen LogP contribution < -0.4 is 5.73 Å². The first-order chi connectivity index (χ1) is 9.15. The molecule has 2 nitrogen and oxygen atoms in total. The van der Waals surface area contributed by atoms with Crippen molar-refractivity contribution in [3.05, 3.63) is 65.2 Å². The molecule has 0 fully saturated rings. The third kappa shape index (κ3) is 3.51. The van der Waals surface area contributed by atoms with Crippen LogP contribution in [0.4, 0.5) is 0 Å². The van der Waals surface area contributed by atoms with Gasteiger partial charge in [0.05, 0.1) is 17.2 Å². The summed E-state index contributed by atoms with van der Waals surface area (Å²) in [6, 6.07) is 17.3.